The number of rotatable bonds is 5. The minimum absolute atomic E-state index is 0.258. The molecule has 1 atom stereocenters. The number of carbonyl (C=O) groups is 1. The summed E-state index contributed by atoms with van der Waals surface area (Å²) in [6, 6.07) is 9.80. The molecule has 2 N–H and O–H groups in total. The summed E-state index contributed by atoms with van der Waals surface area (Å²) in [6.07, 6.45) is 4.46. The fraction of sp³-hybridized carbons (Fsp3) is 0.333. The van der Waals surface area contributed by atoms with Gasteiger partial charge in [0.2, 0.25) is 5.95 Å². The second-order valence-corrected chi connectivity index (χ2v) is 8.50. The van der Waals surface area contributed by atoms with Gasteiger partial charge >= 0.3 is 0 Å². The van der Waals surface area contributed by atoms with E-state index in [2.05, 4.69) is 15.3 Å². The number of nitrogens with one attached hydrogen (secondary N) is 1. The predicted molar refractivity (Wildman–Crippen MR) is 111 cm³/mol. The van der Waals surface area contributed by atoms with E-state index in [0.29, 0.717) is 30.5 Å². The van der Waals surface area contributed by atoms with E-state index in [4.69, 9.17) is 4.98 Å². The third-order valence-electron chi connectivity index (χ3n) is 5.43. The lowest BCUT2D eigenvalue weighted by atomic mass is 9.91. The van der Waals surface area contributed by atoms with Crippen molar-refractivity contribution in [2.45, 2.75) is 30.9 Å². The molecule has 1 aromatic carbocycles. The maximum Gasteiger partial charge on any atom is 0.258 e. The number of amides is 1. The van der Waals surface area contributed by atoms with Crippen molar-refractivity contribution >= 4 is 23.2 Å². The zero-order valence-electron chi connectivity index (χ0n) is 16.0. The molecule has 1 aliphatic heterocycles. The van der Waals surface area contributed by atoms with Gasteiger partial charge in [-0.15, -0.1) is 11.3 Å². The molecule has 1 saturated carbocycles. The van der Waals surface area contributed by atoms with Gasteiger partial charge in [-0.25, -0.2) is 15.0 Å². The summed E-state index contributed by atoms with van der Waals surface area (Å²) >= 11 is 1.51. The average molecular weight is 407 g/mol. The summed E-state index contributed by atoms with van der Waals surface area (Å²) in [5, 5.41) is 17.0. The van der Waals surface area contributed by atoms with Crippen molar-refractivity contribution in [1.29, 1.82) is 0 Å². The van der Waals surface area contributed by atoms with Gasteiger partial charge < -0.3 is 15.3 Å². The van der Waals surface area contributed by atoms with Crippen LogP contribution in [0.4, 0.5) is 5.95 Å². The Balaban J connectivity index is 1.43. The molecule has 1 amide bonds. The van der Waals surface area contributed by atoms with Crippen LogP contribution in [0.2, 0.25) is 0 Å². The van der Waals surface area contributed by atoms with Crippen molar-refractivity contribution in [2.24, 2.45) is 0 Å². The van der Waals surface area contributed by atoms with Crippen molar-refractivity contribution in [3.8, 4) is 22.0 Å². The molecule has 2 aliphatic rings. The molecule has 2 fully saturated rings. The topological polar surface area (TPSA) is 91.2 Å². The Hall–Kier alpha value is -2.84. The fourth-order valence-electron chi connectivity index (χ4n) is 3.54. The van der Waals surface area contributed by atoms with Crippen molar-refractivity contribution in [3.05, 3.63) is 47.5 Å². The van der Waals surface area contributed by atoms with Gasteiger partial charge in [0.15, 0.2) is 5.60 Å². The van der Waals surface area contributed by atoms with E-state index in [1.165, 1.54) is 11.3 Å². The molecule has 3 heterocycles. The molecular formula is C21H21N5O2S. The first-order valence-electron chi connectivity index (χ1n) is 9.67. The van der Waals surface area contributed by atoms with E-state index in [1.54, 1.807) is 24.2 Å². The summed E-state index contributed by atoms with van der Waals surface area (Å²) in [5.74, 6) is 0.374. The first-order chi connectivity index (χ1) is 14.0. The van der Waals surface area contributed by atoms with Crippen molar-refractivity contribution in [2.75, 3.05) is 18.9 Å². The summed E-state index contributed by atoms with van der Waals surface area (Å²) in [5.41, 5.74) is 1.58. The Morgan fingerprint density at radius 2 is 2.10 bits per heavy atom. The van der Waals surface area contributed by atoms with Crippen LogP contribution in [0.5, 0.6) is 0 Å². The highest BCUT2D eigenvalue weighted by atomic mass is 32.1. The monoisotopic (exact) mass is 407 g/mol. The van der Waals surface area contributed by atoms with E-state index in [0.717, 1.165) is 34.8 Å². The maximum atomic E-state index is 12.4. The molecule has 1 saturated heterocycles. The number of aliphatic hydroxyl groups is 1. The quantitative estimate of drug-likeness (QED) is 0.676. The maximum absolute atomic E-state index is 12.4. The van der Waals surface area contributed by atoms with Crippen LogP contribution < -0.4 is 5.32 Å². The number of carbonyl (C=O) groups excluding carboxylic acids is 1. The predicted octanol–water partition coefficient (Wildman–Crippen LogP) is 2.89. The molecule has 0 spiro atoms. The summed E-state index contributed by atoms with van der Waals surface area (Å²) < 4.78 is 0. The van der Waals surface area contributed by atoms with E-state index in [9.17, 15) is 9.90 Å². The first kappa shape index (κ1) is 18.2. The van der Waals surface area contributed by atoms with Crippen LogP contribution >= 0.6 is 11.3 Å². The number of hydrogen-bond donors (Lipinski definition) is 2. The molecule has 0 bridgehead atoms. The number of aromatic nitrogens is 3. The van der Waals surface area contributed by atoms with Crippen LogP contribution in [0.25, 0.3) is 22.0 Å². The molecule has 7 nitrogen and oxygen atoms in total. The third-order valence-corrected chi connectivity index (χ3v) is 6.32. The molecule has 29 heavy (non-hydrogen) atoms. The number of likely N-dealkylation sites (N-methyl/N-ethyl adjacent to an activating group) is 1. The Morgan fingerprint density at radius 3 is 2.86 bits per heavy atom. The van der Waals surface area contributed by atoms with Gasteiger partial charge in [-0.1, -0.05) is 18.2 Å². The fourth-order valence-corrected chi connectivity index (χ4v) is 4.35. The standard InChI is InChI=1S/C21H21N5O2S/c1-26-10-8-21(28,19(26)27)14-4-2-3-13(11-14)18-24-17(12-29-18)16-7-9-22-20(25-16)23-15-5-6-15/h2-4,7,9,11-12,15,28H,5-6,8,10H2,1H3,(H,22,23,25). The molecular weight excluding hydrogens is 386 g/mol. The lowest BCUT2D eigenvalue weighted by molar-refractivity contribution is -0.143. The molecule has 1 unspecified atom stereocenters. The SMILES string of the molecule is CN1CCC(O)(c2cccc(-c3nc(-c4ccnc(NC5CC5)n4)cs3)c2)C1=O. The van der Waals surface area contributed by atoms with E-state index >= 15 is 0 Å². The average Bonchev–Trinajstić information content (AvgIpc) is 3.34. The molecule has 8 heteroatoms. The van der Waals surface area contributed by atoms with E-state index in [-0.39, 0.29) is 5.91 Å². The highest BCUT2D eigenvalue weighted by molar-refractivity contribution is 7.13. The van der Waals surface area contributed by atoms with Gasteiger partial charge in [-0.3, -0.25) is 4.79 Å². The zero-order chi connectivity index (χ0) is 20.0. The number of likely N-dealkylation sites (tertiary alicyclic amines) is 1. The largest absolute Gasteiger partial charge is 0.375 e. The van der Waals surface area contributed by atoms with E-state index < -0.39 is 5.60 Å². The highest BCUT2D eigenvalue weighted by Gasteiger charge is 2.45. The van der Waals surface area contributed by atoms with Crippen LogP contribution in [0, 0.1) is 0 Å². The zero-order valence-corrected chi connectivity index (χ0v) is 16.8. The molecule has 5 rings (SSSR count). The van der Waals surface area contributed by atoms with Gasteiger partial charge in [0.1, 0.15) is 10.7 Å². The summed E-state index contributed by atoms with van der Waals surface area (Å²) in [4.78, 5) is 27.6. The molecule has 1 aliphatic carbocycles. The van der Waals surface area contributed by atoms with Crippen molar-refractivity contribution in [3.63, 3.8) is 0 Å². The van der Waals surface area contributed by atoms with Gasteiger partial charge in [0.25, 0.3) is 5.91 Å². The Bertz CT molecular complexity index is 1080. The van der Waals surface area contributed by atoms with Crippen LogP contribution in [0.1, 0.15) is 24.8 Å². The first-order valence-corrected chi connectivity index (χ1v) is 10.6. The molecule has 148 valence electrons. The minimum Gasteiger partial charge on any atom is -0.375 e. The van der Waals surface area contributed by atoms with Gasteiger partial charge in [-0.2, -0.15) is 0 Å². The second-order valence-electron chi connectivity index (χ2n) is 7.64. The lowest BCUT2D eigenvalue weighted by Crippen LogP contribution is -2.36. The number of anilines is 1. The number of benzene rings is 1. The normalized spacial score (nSPS) is 21.6. The number of hydrogen-bond acceptors (Lipinski definition) is 7. The van der Waals surface area contributed by atoms with Crippen molar-refractivity contribution in [1.82, 2.24) is 19.9 Å². The Morgan fingerprint density at radius 1 is 1.24 bits per heavy atom. The van der Waals surface area contributed by atoms with Crippen LogP contribution in [-0.4, -0.2) is 50.5 Å². The third kappa shape index (κ3) is 3.38. The van der Waals surface area contributed by atoms with Crippen LogP contribution in [0.3, 0.4) is 0 Å². The molecule has 2 aromatic heterocycles. The molecule has 0 radical (unpaired) electrons. The van der Waals surface area contributed by atoms with Gasteiger partial charge in [0, 0.05) is 43.2 Å². The Labute approximate surface area is 172 Å². The van der Waals surface area contributed by atoms with Crippen molar-refractivity contribution < 1.29 is 9.90 Å². The Kier molecular flexibility index (Phi) is 4.33. The van der Waals surface area contributed by atoms with Crippen LogP contribution in [-0.2, 0) is 10.4 Å². The van der Waals surface area contributed by atoms with E-state index in [1.807, 2.05) is 29.6 Å². The summed E-state index contributed by atoms with van der Waals surface area (Å²) in [6.45, 7) is 0.548. The lowest BCUT2D eigenvalue weighted by Gasteiger charge is -2.21. The highest BCUT2D eigenvalue weighted by Crippen LogP contribution is 2.36. The number of nitrogens with zero attached hydrogens (tertiary/aromatic N) is 4. The van der Waals surface area contributed by atoms with Gasteiger partial charge in [-0.05, 0) is 30.5 Å². The number of thiazole rings is 1. The smallest absolute Gasteiger partial charge is 0.258 e. The summed E-state index contributed by atoms with van der Waals surface area (Å²) in [7, 11) is 1.71. The molecule has 3 aromatic rings. The van der Waals surface area contributed by atoms with Gasteiger partial charge in [0.05, 0.1) is 5.69 Å². The van der Waals surface area contributed by atoms with Crippen LogP contribution in [0.15, 0.2) is 41.9 Å². The second kappa shape index (κ2) is 6.89. The minimum atomic E-state index is -1.46.